The lowest BCUT2D eigenvalue weighted by atomic mass is 10.2. The Morgan fingerprint density at radius 3 is 2.29 bits per heavy atom. The number of oxime groups is 1. The zero-order valence-electron chi connectivity index (χ0n) is 14.4. The highest BCUT2D eigenvalue weighted by atomic mass is 35.5. The zero-order valence-corrected chi connectivity index (χ0v) is 16.7. The van der Waals surface area contributed by atoms with Crippen LogP contribution in [0.1, 0.15) is 11.1 Å². The van der Waals surface area contributed by atoms with Gasteiger partial charge in [0.05, 0.1) is 16.0 Å². The van der Waals surface area contributed by atoms with Gasteiger partial charge in [-0.2, -0.15) is 0 Å². The lowest BCUT2D eigenvalue weighted by Crippen LogP contribution is -1.94. The first-order valence-electron chi connectivity index (χ1n) is 8.13. The molecule has 0 radical (unpaired) electrons. The topological polar surface area (TPSA) is 64.7 Å². The van der Waals surface area contributed by atoms with E-state index in [1.807, 2.05) is 24.3 Å². The highest BCUT2D eigenvalue weighted by Gasteiger charge is 2.15. The van der Waals surface area contributed by atoms with Crippen LogP contribution in [0.15, 0.2) is 81.7 Å². The summed E-state index contributed by atoms with van der Waals surface area (Å²) in [5.74, 6) is 0. The average Bonchev–Trinajstić information content (AvgIpc) is 2.69. The summed E-state index contributed by atoms with van der Waals surface area (Å²) >= 11 is 13.0. The van der Waals surface area contributed by atoms with Crippen molar-refractivity contribution >= 4 is 46.9 Å². The van der Waals surface area contributed by atoms with E-state index in [2.05, 4.69) is 5.16 Å². The molecule has 0 unspecified atom stereocenters. The second-order valence-electron chi connectivity index (χ2n) is 5.67. The molecule has 3 aromatic carbocycles. The van der Waals surface area contributed by atoms with E-state index in [-0.39, 0.29) is 12.3 Å². The standard InChI is InChI=1S/C20H14Cl2N2O3S/c21-16-4-1-14(2-5-16)13-27-23-12-15-3-10-20(19(11-15)24(25)26)28-18-8-6-17(22)7-9-18/h1-12H,13H2/b23-12-. The fourth-order valence-electron chi connectivity index (χ4n) is 2.26. The van der Waals surface area contributed by atoms with E-state index in [0.29, 0.717) is 20.5 Å². The SMILES string of the molecule is O=[N+]([O-])c1cc(/C=N\OCc2ccc(Cl)cc2)ccc1Sc1ccc(Cl)cc1. The summed E-state index contributed by atoms with van der Waals surface area (Å²) in [5.41, 5.74) is 1.49. The van der Waals surface area contributed by atoms with Crippen LogP contribution in [0.5, 0.6) is 0 Å². The van der Waals surface area contributed by atoms with Gasteiger partial charge in [0.15, 0.2) is 0 Å². The first-order valence-corrected chi connectivity index (χ1v) is 9.70. The van der Waals surface area contributed by atoms with Gasteiger partial charge in [-0.05, 0) is 48.0 Å². The molecule has 0 aliphatic carbocycles. The molecule has 0 spiro atoms. The average molecular weight is 433 g/mol. The molecule has 0 atom stereocenters. The van der Waals surface area contributed by atoms with Gasteiger partial charge in [0.1, 0.15) is 6.61 Å². The number of benzene rings is 3. The minimum absolute atomic E-state index is 0.00148. The monoisotopic (exact) mass is 432 g/mol. The quantitative estimate of drug-likeness (QED) is 0.239. The van der Waals surface area contributed by atoms with Crippen molar-refractivity contribution in [2.75, 3.05) is 0 Å². The normalized spacial score (nSPS) is 10.9. The highest BCUT2D eigenvalue weighted by Crippen LogP contribution is 2.35. The molecule has 0 heterocycles. The van der Waals surface area contributed by atoms with Gasteiger partial charge >= 0.3 is 0 Å². The largest absolute Gasteiger partial charge is 0.391 e. The third-order valence-electron chi connectivity index (χ3n) is 3.64. The molecule has 0 fully saturated rings. The van der Waals surface area contributed by atoms with Crippen LogP contribution in [0.4, 0.5) is 5.69 Å². The molecule has 142 valence electrons. The molecule has 0 saturated carbocycles. The summed E-state index contributed by atoms with van der Waals surface area (Å²) in [6.45, 7) is 0.278. The smallest absolute Gasteiger partial charge is 0.283 e. The number of nitro benzene ring substituents is 1. The Balaban J connectivity index is 1.68. The summed E-state index contributed by atoms with van der Waals surface area (Å²) in [4.78, 5) is 17.7. The fourth-order valence-corrected chi connectivity index (χ4v) is 3.42. The number of rotatable bonds is 7. The van der Waals surface area contributed by atoms with E-state index < -0.39 is 4.92 Å². The molecule has 5 nitrogen and oxygen atoms in total. The number of hydrogen-bond donors (Lipinski definition) is 0. The van der Waals surface area contributed by atoms with Crippen LogP contribution >= 0.6 is 35.0 Å². The second-order valence-corrected chi connectivity index (χ2v) is 7.66. The van der Waals surface area contributed by atoms with Crippen molar-refractivity contribution < 1.29 is 9.76 Å². The van der Waals surface area contributed by atoms with Gasteiger partial charge in [0.25, 0.3) is 5.69 Å². The minimum Gasteiger partial charge on any atom is -0.391 e. The van der Waals surface area contributed by atoms with Gasteiger partial charge in [-0.3, -0.25) is 10.1 Å². The maximum atomic E-state index is 11.4. The molecule has 3 aromatic rings. The molecule has 0 aliphatic rings. The summed E-state index contributed by atoms with van der Waals surface area (Å²) in [7, 11) is 0. The Morgan fingerprint density at radius 1 is 1.00 bits per heavy atom. The minimum atomic E-state index is -0.413. The van der Waals surface area contributed by atoms with E-state index in [1.54, 1.807) is 36.4 Å². The predicted molar refractivity (Wildman–Crippen MR) is 113 cm³/mol. The molecule has 3 rings (SSSR count). The third kappa shape index (κ3) is 5.73. The Bertz CT molecular complexity index is 993. The lowest BCUT2D eigenvalue weighted by Gasteiger charge is -2.04. The van der Waals surface area contributed by atoms with Crippen LogP contribution in [0.25, 0.3) is 0 Å². The first-order chi connectivity index (χ1) is 13.5. The molecule has 0 bridgehead atoms. The van der Waals surface area contributed by atoms with Crippen LogP contribution in [0, 0.1) is 10.1 Å². The Morgan fingerprint density at radius 2 is 1.64 bits per heavy atom. The Kier molecular flexibility index (Phi) is 6.92. The van der Waals surface area contributed by atoms with Gasteiger partial charge in [0.2, 0.25) is 0 Å². The fraction of sp³-hybridized carbons (Fsp3) is 0.0500. The molecular formula is C20H14Cl2N2O3S. The summed E-state index contributed by atoms with van der Waals surface area (Å²) in [6, 6.07) is 19.2. The van der Waals surface area contributed by atoms with Crippen molar-refractivity contribution in [1.29, 1.82) is 0 Å². The molecule has 0 amide bonds. The lowest BCUT2D eigenvalue weighted by molar-refractivity contribution is -0.387. The van der Waals surface area contributed by atoms with Gasteiger partial charge in [-0.1, -0.05) is 58.3 Å². The molecular weight excluding hydrogens is 419 g/mol. The maximum absolute atomic E-state index is 11.4. The molecule has 0 saturated heterocycles. The summed E-state index contributed by atoms with van der Waals surface area (Å²) in [5, 5.41) is 16.6. The molecule has 0 aromatic heterocycles. The number of hydrogen-bond acceptors (Lipinski definition) is 5. The van der Waals surface area contributed by atoms with Gasteiger partial charge in [0, 0.05) is 26.6 Å². The van der Waals surface area contributed by atoms with E-state index in [4.69, 9.17) is 28.0 Å². The van der Waals surface area contributed by atoms with Crippen molar-refractivity contribution in [3.63, 3.8) is 0 Å². The van der Waals surface area contributed by atoms with Crippen molar-refractivity contribution in [3.05, 3.63) is 98.0 Å². The molecule has 0 aliphatic heterocycles. The summed E-state index contributed by atoms with van der Waals surface area (Å²) < 4.78 is 0. The molecule has 28 heavy (non-hydrogen) atoms. The number of halogens is 2. The molecule has 8 heteroatoms. The van der Waals surface area contributed by atoms with Crippen LogP contribution in [-0.4, -0.2) is 11.1 Å². The van der Waals surface area contributed by atoms with Crippen molar-refractivity contribution in [2.24, 2.45) is 5.16 Å². The van der Waals surface area contributed by atoms with Gasteiger partial charge < -0.3 is 4.84 Å². The second kappa shape index (κ2) is 9.59. The van der Waals surface area contributed by atoms with Crippen molar-refractivity contribution in [3.8, 4) is 0 Å². The number of nitrogens with zero attached hydrogens (tertiary/aromatic N) is 2. The third-order valence-corrected chi connectivity index (χ3v) is 5.22. The first kappa shape index (κ1) is 20.2. The van der Waals surface area contributed by atoms with E-state index in [9.17, 15) is 10.1 Å². The maximum Gasteiger partial charge on any atom is 0.283 e. The van der Waals surface area contributed by atoms with Crippen LogP contribution in [-0.2, 0) is 11.4 Å². The van der Waals surface area contributed by atoms with Crippen molar-refractivity contribution in [2.45, 2.75) is 16.4 Å². The Labute approximate surface area is 176 Å². The predicted octanol–water partition coefficient (Wildman–Crippen LogP) is 6.60. The zero-order chi connectivity index (χ0) is 19.9. The van der Waals surface area contributed by atoms with Crippen LogP contribution in [0.2, 0.25) is 10.0 Å². The van der Waals surface area contributed by atoms with Gasteiger partial charge in [-0.25, -0.2) is 0 Å². The number of nitro groups is 1. The summed E-state index contributed by atoms with van der Waals surface area (Å²) in [6.07, 6.45) is 1.44. The van der Waals surface area contributed by atoms with Crippen molar-refractivity contribution in [1.82, 2.24) is 0 Å². The van der Waals surface area contributed by atoms with E-state index >= 15 is 0 Å². The van der Waals surface area contributed by atoms with Crippen LogP contribution < -0.4 is 0 Å². The Hall–Kier alpha value is -2.54. The van der Waals surface area contributed by atoms with E-state index in [1.165, 1.54) is 24.0 Å². The highest BCUT2D eigenvalue weighted by molar-refractivity contribution is 7.99. The van der Waals surface area contributed by atoms with Gasteiger partial charge in [-0.15, -0.1) is 0 Å². The van der Waals surface area contributed by atoms with Crippen LogP contribution in [0.3, 0.4) is 0 Å². The van der Waals surface area contributed by atoms with E-state index in [0.717, 1.165) is 10.5 Å². The molecule has 0 N–H and O–H groups in total.